The van der Waals surface area contributed by atoms with Gasteiger partial charge in [0.25, 0.3) is 0 Å². The van der Waals surface area contributed by atoms with E-state index >= 15 is 0 Å². The zero-order valence-electron chi connectivity index (χ0n) is 13.6. The Kier molecular flexibility index (Phi) is 5.32. The molecule has 0 saturated carbocycles. The highest BCUT2D eigenvalue weighted by atomic mass is 19.1. The predicted molar refractivity (Wildman–Crippen MR) is 88.8 cm³/mol. The van der Waals surface area contributed by atoms with Crippen LogP contribution in [0.15, 0.2) is 18.9 Å². The highest BCUT2D eigenvalue weighted by Crippen LogP contribution is 2.26. The van der Waals surface area contributed by atoms with Gasteiger partial charge in [-0.1, -0.05) is 0 Å². The van der Waals surface area contributed by atoms with Crippen molar-refractivity contribution in [1.29, 1.82) is 0 Å². The topological polar surface area (TPSA) is 104 Å². The number of H-pyrrole nitrogens is 1. The number of hydrogen-bond acceptors (Lipinski definition) is 7. The minimum absolute atomic E-state index is 0.119. The lowest BCUT2D eigenvalue weighted by molar-refractivity contribution is -0.132. The lowest BCUT2D eigenvalue weighted by atomic mass is 9.94. The standard InChI is InChI=1S/C16H19FN6O2/c17-14-15(19-4-3-12-6-18-9-20-12)21-10-22-16(14)23-5-1-2-11(7-23)13(25)8-24/h6,8-11H,1-5,7H2,(H,18,20)(H,19,21,22). The molecule has 1 saturated heterocycles. The van der Waals surface area contributed by atoms with Crippen molar-refractivity contribution in [3.63, 3.8) is 0 Å². The first-order chi connectivity index (χ1) is 12.2. The Morgan fingerprint density at radius 3 is 3.12 bits per heavy atom. The van der Waals surface area contributed by atoms with E-state index in [0.717, 1.165) is 5.69 Å². The van der Waals surface area contributed by atoms with Gasteiger partial charge in [-0.15, -0.1) is 0 Å². The molecule has 8 nitrogen and oxygen atoms in total. The van der Waals surface area contributed by atoms with Crippen LogP contribution in [0.2, 0.25) is 0 Å². The molecule has 1 unspecified atom stereocenters. The molecule has 9 heteroatoms. The number of aromatic amines is 1. The number of hydrogen-bond donors (Lipinski definition) is 2. The van der Waals surface area contributed by atoms with Gasteiger partial charge < -0.3 is 15.2 Å². The number of carbonyl (C=O) groups excluding carboxylic acids is 2. The number of aromatic nitrogens is 4. The molecule has 3 rings (SSSR count). The van der Waals surface area contributed by atoms with Crippen molar-refractivity contribution in [3.8, 4) is 0 Å². The van der Waals surface area contributed by atoms with Crippen LogP contribution in [0, 0.1) is 11.7 Å². The van der Waals surface area contributed by atoms with Crippen LogP contribution in [-0.4, -0.2) is 51.6 Å². The summed E-state index contributed by atoms with van der Waals surface area (Å²) in [6.45, 7) is 1.37. The first-order valence-electron chi connectivity index (χ1n) is 8.14. The fraction of sp³-hybridized carbons (Fsp3) is 0.438. The minimum Gasteiger partial charge on any atom is -0.367 e. The number of Topliss-reactive ketones (excluding diaryl/α,β-unsaturated/α-hetero) is 1. The number of anilines is 2. The minimum atomic E-state index is -0.550. The number of nitrogens with zero attached hydrogens (tertiary/aromatic N) is 4. The second-order valence-corrected chi connectivity index (χ2v) is 5.92. The molecule has 0 aliphatic carbocycles. The lowest BCUT2D eigenvalue weighted by Gasteiger charge is -2.32. The Labute approximate surface area is 143 Å². The molecule has 2 aromatic rings. The Morgan fingerprint density at radius 2 is 2.36 bits per heavy atom. The molecular formula is C16H19FN6O2. The summed E-state index contributed by atoms with van der Waals surface area (Å²) >= 11 is 0. The fourth-order valence-corrected chi connectivity index (χ4v) is 2.94. The van der Waals surface area contributed by atoms with Crippen LogP contribution < -0.4 is 10.2 Å². The number of aldehydes is 1. The molecule has 0 bridgehead atoms. The van der Waals surface area contributed by atoms with E-state index in [1.807, 2.05) is 0 Å². The van der Waals surface area contributed by atoms with Crippen LogP contribution in [0.25, 0.3) is 0 Å². The molecule has 2 aromatic heterocycles. The van der Waals surface area contributed by atoms with Crippen molar-refractivity contribution < 1.29 is 14.0 Å². The number of rotatable bonds is 7. The third-order valence-corrected chi connectivity index (χ3v) is 4.25. The second kappa shape index (κ2) is 7.82. The van der Waals surface area contributed by atoms with E-state index in [9.17, 15) is 14.0 Å². The van der Waals surface area contributed by atoms with Gasteiger partial charge in [-0.2, -0.15) is 4.39 Å². The average molecular weight is 346 g/mol. The maximum Gasteiger partial charge on any atom is 0.207 e. The molecule has 0 amide bonds. The zero-order valence-corrected chi connectivity index (χ0v) is 13.6. The molecule has 1 atom stereocenters. The summed E-state index contributed by atoms with van der Waals surface area (Å²) in [6, 6.07) is 0. The van der Waals surface area contributed by atoms with Gasteiger partial charge in [0.05, 0.1) is 6.33 Å². The molecule has 0 radical (unpaired) electrons. The Hall–Kier alpha value is -2.84. The first-order valence-corrected chi connectivity index (χ1v) is 8.14. The van der Waals surface area contributed by atoms with Crippen LogP contribution in [0.4, 0.5) is 16.0 Å². The van der Waals surface area contributed by atoms with Crippen LogP contribution >= 0.6 is 0 Å². The van der Waals surface area contributed by atoms with Crippen molar-refractivity contribution in [2.75, 3.05) is 29.9 Å². The summed E-state index contributed by atoms with van der Waals surface area (Å²) in [4.78, 5) is 38.9. The number of piperidine rings is 1. The van der Waals surface area contributed by atoms with Gasteiger partial charge in [0.15, 0.2) is 23.7 Å². The van der Waals surface area contributed by atoms with Gasteiger partial charge in [-0.25, -0.2) is 15.0 Å². The predicted octanol–water partition coefficient (Wildman–Crippen LogP) is 0.978. The molecule has 132 valence electrons. The maximum atomic E-state index is 14.7. The van der Waals surface area contributed by atoms with E-state index in [2.05, 4.69) is 25.3 Å². The Morgan fingerprint density at radius 1 is 1.48 bits per heavy atom. The van der Waals surface area contributed by atoms with E-state index in [4.69, 9.17) is 0 Å². The number of imidazole rings is 1. The SMILES string of the molecule is O=CC(=O)C1CCCN(c2ncnc(NCCc3cnc[nH]3)c2F)C1. The number of ketones is 1. The van der Waals surface area contributed by atoms with E-state index in [0.29, 0.717) is 45.2 Å². The summed E-state index contributed by atoms with van der Waals surface area (Å²) in [5.74, 6) is -1.13. The highest BCUT2D eigenvalue weighted by Gasteiger charge is 2.28. The average Bonchev–Trinajstić information content (AvgIpc) is 3.16. The van der Waals surface area contributed by atoms with E-state index in [-0.39, 0.29) is 11.6 Å². The number of halogens is 1. The Bertz CT molecular complexity index is 736. The highest BCUT2D eigenvalue weighted by molar-refractivity contribution is 6.26. The van der Waals surface area contributed by atoms with Crippen LogP contribution in [0.5, 0.6) is 0 Å². The second-order valence-electron chi connectivity index (χ2n) is 5.92. The summed E-state index contributed by atoms with van der Waals surface area (Å²) < 4.78 is 14.7. The fourth-order valence-electron chi connectivity index (χ4n) is 2.94. The van der Waals surface area contributed by atoms with Gasteiger partial charge in [0, 0.05) is 43.9 Å². The number of carbonyl (C=O) groups is 2. The lowest BCUT2D eigenvalue weighted by Crippen LogP contribution is -2.40. The molecule has 0 spiro atoms. The monoisotopic (exact) mass is 346 g/mol. The normalized spacial score (nSPS) is 17.3. The summed E-state index contributed by atoms with van der Waals surface area (Å²) in [5, 5.41) is 2.95. The molecule has 0 aromatic carbocycles. The summed E-state index contributed by atoms with van der Waals surface area (Å²) in [6.07, 6.45) is 6.92. The zero-order chi connectivity index (χ0) is 17.6. The smallest absolute Gasteiger partial charge is 0.207 e. The molecule has 1 fully saturated rings. The third kappa shape index (κ3) is 3.98. The van der Waals surface area contributed by atoms with E-state index in [1.165, 1.54) is 6.33 Å². The van der Waals surface area contributed by atoms with Gasteiger partial charge in [0.2, 0.25) is 5.82 Å². The van der Waals surface area contributed by atoms with Crippen molar-refractivity contribution in [3.05, 3.63) is 30.4 Å². The van der Waals surface area contributed by atoms with Gasteiger partial charge in [0.1, 0.15) is 6.33 Å². The summed E-state index contributed by atoms with van der Waals surface area (Å²) in [5.41, 5.74) is 0.938. The molecular weight excluding hydrogens is 327 g/mol. The third-order valence-electron chi connectivity index (χ3n) is 4.25. The quantitative estimate of drug-likeness (QED) is 0.569. The van der Waals surface area contributed by atoms with E-state index < -0.39 is 17.5 Å². The van der Waals surface area contributed by atoms with Crippen LogP contribution in [0.3, 0.4) is 0 Å². The Balaban J connectivity index is 1.67. The molecule has 1 aliphatic heterocycles. The molecule has 3 heterocycles. The largest absolute Gasteiger partial charge is 0.367 e. The van der Waals surface area contributed by atoms with Gasteiger partial charge in [-0.3, -0.25) is 9.59 Å². The van der Waals surface area contributed by atoms with Crippen molar-refractivity contribution >= 4 is 23.7 Å². The van der Waals surface area contributed by atoms with E-state index in [1.54, 1.807) is 17.4 Å². The maximum absolute atomic E-state index is 14.7. The first kappa shape index (κ1) is 17.0. The molecule has 25 heavy (non-hydrogen) atoms. The van der Waals surface area contributed by atoms with Gasteiger partial charge in [-0.05, 0) is 12.8 Å². The van der Waals surface area contributed by atoms with Crippen molar-refractivity contribution in [1.82, 2.24) is 19.9 Å². The van der Waals surface area contributed by atoms with Gasteiger partial charge >= 0.3 is 0 Å². The molecule has 2 N–H and O–H groups in total. The van der Waals surface area contributed by atoms with Crippen LogP contribution in [-0.2, 0) is 16.0 Å². The van der Waals surface area contributed by atoms with Crippen molar-refractivity contribution in [2.45, 2.75) is 19.3 Å². The number of nitrogens with one attached hydrogen (secondary N) is 2. The molecule has 1 aliphatic rings. The summed E-state index contributed by atoms with van der Waals surface area (Å²) in [7, 11) is 0. The van der Waals surface area contributed by atoms with Crippen LogP contribution in [0.1, 0.15) is 18.5 Å². The van der Waals surface area contributed by atoms with Crippen molar-refractivity contribution in [2.24, 2.45) is 5.92 Å².